The molecule has 0 rings (SSSR count). The van der Waals surface area contributed by atoms with Crippen LogP contribution in [0.25, 0.3) is 0 Å². The molecule has 0 radical (unpaired) electrons. The highest BCUT2D eigenvalue weighted by molar-refractivity contribution is 8.14. The minimum atomic E-state index is -0.246. The van der Waals surface area contributed by atoms with Crippen molar-refractivity contribution >= 4 is 22.8 Å². The van der Waals surface area contributed by atoms with E-state index in [1.807, 2.05) is 6.92 Å². The van der Waals surface area contributed by atoms with E-state index in [1.54, 1.807) is 0 Å². The van der Waals surface area contributed by atoms with Crippen LogP contribution < -0.4 is 0 Å². The van der Waals surface area contributed by atoms with Crippen molar-refractivity contribution in [3.63, 3.8) is 0 Å². The van der Waals surface area contributed by atoms with Crippen molar-refractivity contribution in [3.8, 4) is 0 Å². The predicted octanol–water partition coefficient (Wildman–Crippen LogP) is 2.24. The summed E-state index contributed by atoms with van der Waals surface area (Å²) < 4.78 is 4.59. The van der Waals surface area contributed by atoms with E-state index in [9.17, 15) is 9.59 Å². The standard InChI is InChI=1S/C10H18O3S/c1-5-7(2)9(14-8(3)11)6-10(12)13-4/h7,9H,5-6H2,1-4H3. The maximum Gasteiger partial charge on any atom is 0.306 e. The Morgan fingerprint density at radius 1 is 1.43 bits per heavy atom. The van der Waals surface area contributed by atoms with Gasteiger partial charge < -0.3 is 4.74 Å². The molecule has 0 aromatic heterocycles. The summed E-state index contributed by atoms with van der Waals surface area (Å²) in [6.45, 7) is 5.62. The van der Waals surface area contributed by atoms with Gasteiger partial charge in [-0.25, -0.2) is 0 Å². The van der Waals surface area contributed by atoms with Gasteiger partial charge in [-0.1, -0.05) is 32.0 Å². The molecule has 2 atom stereocenters. The Labute approximate surface area is 89.6 Å². The summed E-state index contributed by atoms with van der Waals surface area (Å²) in [4.78, 5) is 22.0. The van der Waals surface area contributed by atoms with Gasteiger partial charge in [0.15, 0.2) is 5.12 Å². The molecule has 0 bridgehead atoms. The monoisotopic (exact) mass is 218 g/mol. The molecule has 0 saturated heterocycles. The molecular weight excluding hydrogens is 200 g/mol. The van der Waals surface area contributed by atoms with Crippen LogP contribution in [0.1, 0.15) is 33.6 Å². The SMILES string of the molecule is CCC(C)C(CC(=O)OC)SC(C)=O. The Balaban J connectivity index is 4.23. The Morgan fingerprint density at radius 3 is 2.36 bits per heavy atom. The number of carbonyl (C=O) groups is 2. The van der Waals surface area contributed by atoms with Crippen molar-refractivity contribution in [2.24, 2.45) is 5.92 Å². The van der Waals surface area contributed by atoms with E-state index in [0.29, 0.717) is 12.3 Å². The molecule has 0 aromatic rings. The van der Waals surface area contributed by atoms with Gasteiger partial charge in [0.25, 0.3) is 0 Å². The van der Waals surface area contributed by atoms with Gasteiger partial charge in [0.1, 0.15) is 0 Å². The average Bonchev–Trinajstić information content (AvgIpc) is 2.14. The lowest BCUT2D eigenvalue weighted by Gasteiger charge is -2.19. The zero-order valence-electron chi connectivity index (χ0n) is 9.20. The fourth-order valence-electron chi connectivity index (χ4n) is 1.08. The third kappa shape index (κ3) is 5.27. The molecule has 0 aliphatic rings. The molecule has 0 fully saturated rings. The van der Waals surface area contributed by atoms with Crippen LogP contribution in [0.2, 0.25) is 0 Å². The van der Waals surface area contributed by atoms with Gasteiger partial charge in [-0.15, -0.1) is 0 Å². The lowest BCUT2D eigenvalue weighted by Crippen LogP contribution is -2.20. The van der Waals surface area contributed by atoms with Crippen molar-refractivity contribution in [2.75, 3.05) is 7.11 Å². The molecule has 0 saturated carbocycles. The molecule has 82 valence electrons. The second-order valence-corrected chi connectivity index (χ2v) is 4.73. The topological polar surface area (TPSA) is 43.4 Å². The Hall–Kier alpha value is -0.510. The van der Waals surface area contributed by atoms with Crippen LogP contribution >= 0.6 is 11.8 Å². The van der Waals surface area contributed by atoms with Gasteiger partial charge >= 0.3 is 5.97 Å². The molecule has 14 heavy (non-hydrogen) atoms. The molecular formula is C10H18O3S. The number of rotatable bonds is 5. The van der Waals surface area contributed by atoms with Crippen molar-refractivity contribution in [2.45, 2.75) is 38.9 Å². The molecule has 0 N–H and O–H groups in total. The molecule has 4 heteroatoms. The second kappa shape index (κ2) is 6.87. The van der Waals surface area contributed by atoms with Crippen LogP contribution in [-0.4, -0.2) is 23.4 Å². The first-order chi connectivity index (χ1) is 6.51. The van der Waals surface area contributed by atoms with Crippen LogP contribution in [0.5, 0.6) is 0 Å². The van der Waals surface area contributed by atoms with E-state index >= 15 is 0 Å². The van der Waals surface area contributed by atoms with Crippen molar-refractivity contribution in [3.05, 3.63) is 0 Å². The third-order valence-corrected chi connectivity index (χ3v) is 3.46. The van der Waals surface area contributed by atoms with Crippen LogP contribution in [0.3, 0.4) is 0 Å². The van der Waals surface area contributed by atoms with E-state index in [2.05, 4.69) is 11.7 Å². The predicted molar refractivity (Wildman–Crippen MR) is 58.1 cm³/mol. The maximum atomic E-state index is 11.1. The van der Waals surface area contributed by atoms with E-state index in [-0.39, 0.29) is 16.3 Å². The van der Waals surface area contributed by atoms with Crippen LogP contribution in [0.4, 0.5) is 0 Å². The van der Waals surface area contributed by atoms with E-state index in [4.69, 9.17) is 0 Å². The minimum absolute atomic E-state index is 0.0462. The number of carbonyl (C=O) groups excluding carboxylic acids is 2. The molecule has 0 aromatic carbocycles. The number of methoxy groups -OCH3 is 1. The minimum Gasteiger partial charge on any atom is -0.469 e. The lowest BCUT2D eigenvalue weighted by atomic mass is 10.0. The number of thioether (sulfide) groups is 1. The van der Waals surface area contributed by atoms with Gasteiger partial charge in [-0.05, 0) is 5.92 Å². The van der Waals surface area contributed by atoms with E-state index in [0.717, 1.165) is 6.42 Å². The van der Waals surface area contributed by atoms with Crippen LogP contribution in [0, 0.1) is 5.92 Å². The fraction of sp³-hybridized carbons (Fsp3) is 0.800. The first-order valence-electron chi connectivity index (χ1n) is 4.75. The average molecular weight is 218 g/mol. The Kier molecular flexibility index (Phi) is 6.62. The normalized spacial score (nSPS) is 14.6. The summed E-state index contributed by atoms with van der Waals surface area (Å²) in [6.07, 6.45) is 1.28. The zero-order valence-corrected chi connectivity index (χ0v) is 10.0. The molecule has 0 spiro atoms. The highest BCUT2D eigenvalue weighted by Crippen LogP contribution is 2.26. The summed E-state index contributed by atoms with van der Waals surface area (Å²) in [5.41, 5.74) is 0. The molecule has 2 unspecified atom stereocenters. The molecule has 0 amide bonds. The van der Waals surface area contributed by atoms with Gasteiger partial charge in [0, 0.05) is 12.2 Å². The highest BCUT2D eigenvalue weighted by Gasteiger charge is 2.22. The van der Waals surface area contributed by atoms with Crippen LogP contribution in [0.15, 0.2) is 0 Å². The number of ether oxygens (including phenoxy) is 1. The van der Waals surface area contributed by atoms with Crippen molar-refractivity contribution in [1.29, 1.82) is 0 Å². The summed E-state index contributed by atoms with van der Waals surface area (Å²) in [6, 6.07) is 0. The quantitative estimate of drug-likeness (QED) is 0.664. The Morgan fingerprint density at radius 2 is 2.00 bits per heavy atom. The van der Waals surface area contributed by atoms with E-state index < -0.39 is 0 Å². The summed E-state index contributed by atoms with van der Waals surface area (Å²) >= 11 is 1.24. The third-order valence-electron chi connectivity index (χ3n) is 2.19. The van der Waals surface area contributed by atoms with Gasteiger partial charge in [0.05, 0.1) is 13.5 Å². The first-order valence-corrected chi connectivity index (χ1v) is 5.63. The molecule has 0 aliphatic carbocycles. The Bertz CT molecular complexity index is 204. The van der Waals surface area contributed by atoms with Crippen molar-refractivity contribution < 1.29 is 14.3 Å². The maximum absolute atomic E-state index is 11.1. The van der Waals surface area contributed by atoms with Gasteiger partial charge in [-0.2, -0.15) is 0 Å². The lowest BCUT2D eigenvalue weighted by molar-refractivity contribution is -0.140. The largest absolute Gasteiger partial charge is 0.469 e. The van der Waals surface area contributed by atoms with E-state index in [1.165, 1.54) is 25.8 Å². The number of hydrogen-bond donors (Lipinski definition) is 0. The molecule has 0 heterocycles. The summed E-state index contributed by atoms with van der Waals surface area (Å²) in [7, 11) is 1.37. The zero-order chi connectivity index (χ0) is 11.1. The van der Waals surface area contributed by atoms with Gasteiger partial charge in [0.2, 0.25) is 0 Å². The summed E-state index contributed by atoms with van der Waals surface area (Å²) in [5, 5.41) is 0.101. The smallest absolute Gasteiger partial charge is 0.306 e. The number of hydrogen-bond acceptors (Lipinski definition) is 4. The number of esters is 1. The van der Waals surface area contributed by atoms with Crippen molar-refractivity contribution in [1.82, 2.24) is 0 Å². The highest BCUT2D eigenvalue weighted by atomic mass is 32.2. The second-order valence-electron chi connectivity index (χ2n) is 3.31. The molecule has 0 aliphatic heterocycles. The fourth-order valence-corrected chi connectivity index (χ4v) is 2.15. The van der Waals surface area contributed by atoms with Crippen LogP contribution in [-0.2, 0) is 14.3 Å². The van der Waals surface area contributed by atoms with Gasteiger partial charge in [-0.3, -0.25) is 9.59 Å². The first kappa shape index (κ1) is 13.5. The molecule has 3 nitrogen and oxygen atoms in total. The summed E-state index contributed by atoms with van der Waals surface area (Å²) in [5.74, 6) is 0.104.